The Morgan fingerprint density at radius 1 is 1.11 bits per heavy atom. The molecule has 1 N–H and O–H groups in total. The third-order valence-corrected chi connectivity index (χ3v) is 9.20. The summed E-state index contributed by atoms with van der Waals surface area (Å²) in [5, 5.41) is 4.37. The molecular weight excluding hydrogens is 496 g/mol. The Labute approximate surface area is 227 Å². The highest BCUT2D eigenvalue weighted by Crippen LogP contribution is 2.49. The van der Waals surface area contributed by atoms with E-state index in [1.54, 1.807) is 11.3 Å². The molecule has 1 aromatic carbocycles. The molecule has 0 unspecified atom stereocenters. The summed E-state index contributed by atoms with van der Waals surface area (Å²) in [6.07, 6.45) is 3.29. The third-order valence-electron chi connectivity index (χ3n) is 7.87. The number of likely N-dealkylation sites (N-methyl/N-ethyl adjacent to an activating group) is 1. The number of thiophene rings is 1. The molecule has 0 saturated carbocycles. The molecule has 8 heteroatoms. The van der Waals surface area contributed by atoms with Gasteiger partial charge in [-0.2, -0.15) is 0 Å². The van der Waals surface area contributed by atoms with Crippen molar-refractivity contribution >= 4 is 28.0 Å². The second-order valence-corrected chi connectivity index (χ2v) is 12.3. The van der Waals surface area contributed by atoms with Crippen LogP contribution in [0.25, 0.3) is 22.4 Å². The normalized spacial score (nSPS) is 19.3. The van der Waals surface area contributed by atoms with Crippen LogP contribution in [0.4, 0.5) is 5.00 Å². The van der Waals surface area contributed by atoms with Gasteiger partial charge < -0.3 is 19.9 Å². The Morgan fingerprint density at radius 3 is 2.66 bits per heavy atom. The number of fused-ring (bicyclic) bond motifs is 1. The van der Waals surface area contributed by atoms with Crippen LogP contribution in [-0.2, 0) is 11.2 Å². The van der Waals surface area contributed by atoms with Crippen molar-refractivity contribution < 1.29 is 14.3 Å². The van der Waals surface area contributed by atoms with E-state index in [4.69, 9.17) is 9.72 Å². The Bertz CT molecular complexity index is 1390. The van der Waals surface area contributed by atoms with Crippen LogP contribution in [0.2, 0.25) is 0 Å². The van der Waals surface area contributed by atoms with Crippen molar-refractivity contribution in [1.82, 2.24) is 15.2 Å². The van der Waals surface area contributed by atoms with Crippen molar-refractivity contribution in [2.24, 2.45) is 5.41 Å². The molecule has 0 atom stereocenters. The first kappa shape index (κ1) is 25.2. The highest BCUT2D eigenvalue weighted by atomic mass is 32.1. The zero-order valence-electron chi connectivity index (χ0n) is 22.3. The van der Waals surface area contributed by atoms with E-state index in [2.05, 4.69) is 36.2 Å². The topological polar surface area (TPSA) is 74.8 Å². The van der Waals surface area contributed by atoms with Crippen LogP contribution in [0.15, 0.2) is 42.6 Å². The molecule has 1 aliphatic carbocycles. The molecule has 6 rings (SSSR count). The Kier molecular flexibility index (Phi) is 6.58. The smallest absolute Gasteiger partial charge is 0.253 e. The summed E-state index contributed by atoms with van der Waals surface area (Å²) in [5.41, 5.74) is 5.73. The first-order chi connectivity index (χ1) is 18.3. The molecule has 0 bridgehead atoms. The summed E-state index contributed by atoms with van der Waals surface area (Å²) < 4.78 is 5.62. The number of carbonyl (C=O) groups is 2. The van der Waals surface area contributed by atoms with Gasteiger partial charge in [0.05, 0.1) is 28.8 Å². The van der Waals surface area contributed by atoms with Crippen molar-refractivity contribution in [3.63, 3.8) is 0 Å². The second kappa shape index (κ2) is 9.91. The van der Waals surface area contributed by atoms with Gasteiger partial charge in [-0.3, -0.25) is 14.6 Å². The van der Waals surface area contributed by atoms with Gasteiger partial charge in [0.25, 0.3) is 5.91 Å². The number of anilines is 1. The number of morpholine rings is 1. The van der Waals surface area contributed by atoms with E-state index >= 15 is 0 Å². The number of nitrogens with one attached hydrogen (secondary N) is 1. The van der Waals surface area contributed by atoms with Crippen LogP contribution in [-0.4, -0.2) is 74.1 Å². The number of ether oxygens (including phenoxy) is 1. The number of hydrogen-bond donors (Lipinski definition) is 1. The molecule has 2 aliphatic heterocycles. The Morgan fingerprint density at radius 2 is 1.89 bits per heavy atom. The zero-order chi connectivity index (χ0) is 26.4. The van der Waals surface area contributed by atoms with Crippen LogP contribution in [0, 0.1) is 5.41 Å². The zero-order valence-corrected chi connectivity index (χ0v) is 23.1. The summed E-state index contributed by atoms with van der Waals surface area (Å²) in [7, 11) is 1.93. The van der Waals surface area contributed by atoms with Crippen molar-refractivity contribution in [1.29, 1.82) is 0 Å². The quantitative estimate of drug-likeness (QED) is 0.523. The highest BCUT2D eigenvalue weighted by molar-refractivity contribution is 7.19. The van der Waals surface area contributed by atoms with Gasteiger partial charge >= 0.3 is 0 Å². The van der Waals surface area contributed by atoms with Gasteiger partial charge in [0.15, 0.2) is 5.78 Å². The van der Waals surface area contributed by atoms with Crippen LogP contribution in [0.1, 0.15) is 45.9 Å². The molecule has 0 spiro atoms. The Hall–Kier alpha value is -3.07. The number of amides is 1. The summed E-state index contributed by atoms with van der Waals surface area (Å²) in [6, 6.07) is 12.3. The number of carbonyl (C=O) groups excluding carboxylic acids is 2. The summed E-state index contributed by atoms with van der Waals surface area (Å²) in [6.45, 7) is 8.84. The van der Waals surface area contributed by atoms with Gasteiger partial charge in [0, 0.05) is 61.5 Å². The summed E-state index contributed by atoms with van der Waals surface area (Å²) >= 11 is 1.64. The first-order valence-electron chi connectivity index (χ1n) is 13.4. The maximum atomic E-state index is 13.2. The molecule has 2 aromatic heterocycles. The molecular formula is C30H34N4O3S. The summed E-state index contributed by atoms with van der Waals surface area (Å²) in [4.78, 5) is 36.1. The standard InChI is InChI=1S/C30H34N4O3S/c1-30(2)15-23-26(29(33-9-11-37-12-10-33)38-27(23)25(35)16-30)20-7-8-32-24(14-20)19-5-4-6-21(13-19)28(36)34-17-22(18-34)31-3/h4-8,13-14,22,31H,9-12,15-18H2,1-3H3. The van der Waals surface area contributed by atoms with E-state index in [1.807, 2.05) is 42.4 Å². The van der Waals surface area contributed by atoms with Gasteiger partial charge in [-0.05, 0) is 54.3 Å². The number of rotatable bonds is 5. The van der Waals surface area contributed by atoms with E-state index in [-0.39, 0.29) is 17.1 Å². The van der Waals surface area contributed by atoms with E-state index in [0.29, 0.717) is 31.2 Å². The molecule has 7 nitrogen and oxygen atoms in total. The SMILES string of the molecule is CNC1CN(C(=O)c2cccc(-c3cc(-c4c(N5CCOCC5)sc5c4CC(C)(C)CC5=O)ccn3)c2)C1. The molecule has 198 valence electrons. The molecule has 2 fully saturated rings. The number of benzene rings is 1. The van der Waals surface area contributed by atoms with Crippen LogP contribution in [0.3, 0.4) is 0 Å². The van der Waals surface area contributed by atoms with Crippen molar-refractivity contribution in [2.75, 3.05) is 51.3 Å². The number of hydrogen-bond acceptors (Lipinski definition) is 7. The second-order valence-electron chi connectivity index (χ2n) is 11.3. The average Bonchev–Trinajstić information content (AvgIpc) is 3.27. The lowest BCUT2D eigenvalue weighted by Gasteiger charge is -2.39. The summed E-state index contributed by atoms with van der Waals surface area (Å²) in [5.74, 6) is 0.297. The van der Waals surface area contributed by atoms with Crippen LogP contribution >= 0.6 is 11.3 Å². The van der Waals surface area contributed by atoms with Crippen LogP contribution in [0.5, 0.6) is 0 Å². The fourth-order valence-electron chi connectivity index (χ4n) is 5.75. The number of aromatic nitrogens is 1. The van der Waals surface area contributed by atoms with E-state index in [1.165, 1.54) is 0 Å². The number of Topliss-reactive ketones (excluding diaryl/α,β-unsaturated/α-hetero) is 1. The van der Waals surface area contributed by atoms with Crippen molar-refractivity contribution in [3.8, 4) is 22.4 Å². The van der Waals surface area contributed by atoms with Gasteiger partial charge in [-0.1, -0.05) is 26.0 Å². The molecule has 3 aliphatic rings. The lowest BCUT2D eigenvalue weighted by Crippen LogP contribution is -2.58. The molecule has 3 aromatic rings. The van der Waals surface area contributed by atoms with E-state index in [9.17, 15) is 9.59 Å². The number of pyridine rings is 1. The predicted molar refractivity (Wildman–Crippen MR) is 151 cm³/mol. The molecule has 38 heavy (non-hydrogen) atoms. The van der Waals surface area contributed by atoms with Gasteiger partial charge in [-0.25, -0.2) is 0 Å². The molecule has 4 heterocycles. The number of likely N-dealkylation sites (tertiary alicyclic amines) is 1. The monoisotopic (exact) mass is 530 g/mol. The largest absolute Gasteiger partial charge is 0.378 e. The lowest BCUT2D eigenvalue weighted by molar-refractivity contribution is 0.0577. The van der Waals surface area contributed by atoms with E-state index in [0.717, 1.165) is 70.4 Å². The molecule has 1 amide bonds. The van der Waals surface area contributed by atoms with Gasteiger partial charge in [-0.15, -0.1) is 11.3 Å². The van der Waals surface area contributed by atoms with Crippen LogP contribution < -0.4 is 10.2 Å². The number of nitrogens with zero attached hydrogens (tertiary/aromatic N) is 3. The Balaban J connectivity index is 1.39. The lowest BCUT2D eigenvalue weighted by atomic mass is 9.75. The van der Waals surface area contributed by atoms with Gasteiger partial charge in [0.1, 0.15) is 0 Å². The van der Waals surface area contributed by atoms with E-state index < -0.39 is 0 Å². The highest BCUT2D eigenvalue weighted by Gasteiger charge is 2.37. The van der Waals surface area contributed by atoms with Crippen molar-refractivity contribution in [2.45, 2.75) is 32.7 Å². The first-order valence-corrected chi connectivity index (χ1v) is 14.2. The minimum Gasteiger partial charge on any atom is -0.378 e. The third kappa shape index (κ3) is 4.65. The van der Waals surface area contributed by atoms with Crippen molar-refractivity contribution in [3.05, 3.63) is 58.6 Å². The minimum atomic E-state index is -0.0735. The fourth-order valence-corrected chi connectivity index (χ4v) is 7.09. The average molecular weight is 531 g/mol. The molecule has 0 radical (unpaired) electrons. The minimum absolute atomic E-state index is 0.0526. The predicted octanol–water partition coefficient (Wildman–Crippen LogP) is 4.51. The van der Waals surface area contributed by atoms with Gasteiger partial charge in [0.2, 0.25) is 0 Å². The number of ketones is 1. The maximum absolute atomic E-state index is 13.2. The maximum Gasteiger partial charge on any atom is 0.253 e. The fraction of sp³-hybridized carbons (Fsp3) is 0.433. The molecule has 2 saturated heterocycles.